The number of hydrogen-bond donors (Lipinski definition) is 2. The van der Waals surface area contributed by atoms with Crippen molar-refractivity contribution in [3.05, 3.63) is 23.3 Å². The van der Waals surface area contributed by atoms with Crippen LogP contribution in [0, 0.1) is 5.41 Å². The van der Waals surface area contributed by atoms with E-state index in [4.69, 9.17) is 0 Å². The average molecular weight is 250 g/mol. The van der Waals surface area contributed by atoms with Crippen molar-refractivity contribution in [3.8, 4) is 11.5 Å². The van der Waals surface area contributed by atoms with Gasteiger partial charge >= 0.3 is 0 Å². The Morgan fingerprint density at radius 2 is 1.50 bits per heavy atom. The molecule has 1 aromatic rings. The van der Waals surface area contributed by atoms with Crippen LogP contribution in [0.4, 0.5) is 0 Å². The molecule has 0 aliphatic heterocycles. The summed E-state index contributed by atoms with van der Waals surface area (Å²) in [5.74, 6) is -0.439. The fourth-order valence-corrected chi connectivity index (χ4v) is 1.75. The van der Waals surface area contributed by atoms with Crippen LogP contribution in [0.1, 0.15) is 57.5 Å². The number of carbonyl (C=O) groups excluding carboxylic acids is 1. The third kappa shape index (κ3) is 2.84. The number of benzene rings is 1. The van der Waals surface area contributed by atoms with E-state index in [1.807, 2.05) is 41.5 Å². The Balaban J connectivity index is 3.43. The molecule has 3 heteroatoms. The van der Waals surface area contributed by atoms with Crippen molar-refractivity contribution in [2.75, 3.05) is 0 Å². The predicted molar refractivity (Wildman–Crippen MR) is 72.3 cm³/mol. The fraction of sp³-hybridized carbons (Fsp3) is 0.533. The van der Waals surface area contributed by atoms with Gasteiger partial charge in [0, 0.05) is 16.5 Å². The summed E-state index contributed by atoms with van der Waals surface area (Å²) in [5.41, 5.74) is 0.159. The minimum atomic E-state index is -0.515. The zero-order valence-corrected chi connectivity index (χ0v) is 12.0. The van der Waals surface area contributed by atoms with Gasteiger partial charge in [-0.2, -0.15) is 0 Å². The Bertz CT molecular complexity index is 474. The normalized spacial score (nSPS) is 12.6. The monoisotopic (exact) mass is 250 g/mol. The molecule has 0 saturated heterocycles. The van der Waals surface area contributed by atoms with E-state index in [-0.39, 0.29) is 22.7 Å². The first kappa shape index (κ1) is 14.6. The van der Waals surface area contributed by atoms with E-state index >= 15 is 0 Å². The number of ketones is 1. The van der Waals surface area contributed by atoms with Crippen molar-refractivity contribution in [2.45, 2.75) is 47.0 Å². The highest BCUT2D eigenvalue weighted by molar-refractivity contribution is 6.00. The van der Waals surface area contributed by atoms with Gasteiger partial charge in [-0.1, -0.05) is 41.5 Å². The molecule has 0 spiro atoms. The number of carbonyl (C=O) groups is 1. The number of rotatable bonds is 1. The van der Waals surface area contributed by atoms with E-state index in [0.717, 1.165) is 0 Å². The average Bonchev–Trinajstić information content (AvgIpc) is 2.17. The van der Waals surface area contributed by atoms with E-state index in [2.05, 4.69) is 0 Å². The SMILES string of the molecule is CC(C)(C)C(=O)c1cc(O)c(O)c(C(C)(C)C)c1. The molecule has 0 atom stereocenters. The maximum Gasteiger partial charge on any atom is 0.168 e. The van der Waals surface area contributed by atoms with Crippen LogP contribution in [-0.2, 0) is 5.41 Å². The predicted octanol–water partition coefficient (Wildman–Crippen LogP) is 3.62. The highest BCUT2D eigenvalue weighted by Gasteiger charge is 2.27. The van der Waals surface area contributed by atoms with Gasteiger partial charge in [-0.25, -0.2) is 0 Å². The van der Waals surface area contributed by atoms with E-state index in [1.54, 1.807) is 6.07 Å². The molecule has 100 valence electrons. The largest absolute Gasteiger partial charge is 0.504 e. The first-order valence-electron chi connectivity index (χ1n) is 6.06. The molecule has 0 aliphatic carbocycles. The van der Waals surface area contributed by atoms with E-state index < -0.39 is 5.41 Å². The molecule has 0 aliphatic rings. The number of phenolic OH excluding ortho intramolecular Hbond substituents is 2. The zero-order valence-electron chi connectivity index (χ0n) is 12.0. The van der Waals surface area contributed by atoms with Gasteiger partial charge in [0.2, 0.25) is 0 Å². The maximum absolute atomic E-state index is 12.2. The van der Waals surface area contributed by atoms with Crippen LogP contribution < -0.4 is 0 Å². The molecular weight excluding hydrogens is 228 g/mol. The number of hydrogen-bond acceptors (Lipinski definition) is 3. The van der Waals surface area contributed by atoms with Crippen molar-refractivity contribution in [1.29, 1.82) is 0 Å². The summed E-state index contributed by atoms with van der Waals surface area (Å²) >= 11 is 0. The Morgan fingerprint density at radius 3 is 1.89 bits per heavy atom. The summed E-state index contributed by atoms with van der Waals surface area (Å²) in [6.07, 6.45) is 0. The van der Waals surface area contributed by atoms with Gasteiger partial charge in [-0.05, 0) is 17.5 Å². The molecule has 3 nitrogen and oxygen atoms in total. The van der Waals surface area contributed by atoms with Crippen LogP contribution in [-0.4, -0.2) is 16.0 Å². The van der Waals surface area contributed by atoms with Crippen LogP contribution >= 0.6 is 0 Å². The third-order valence-electron chi connectivity index (χ3n) is 2.84. The minimum absolute atomic E-state index is 0.0525. The van der Waals surface area contributed by atoms with Crippen LogP contribution in [0.3, 0.4) is 0 Å². The van der Waals surface area contributed by atoms with Crippen molar-refractivity contribution in [1.82, 2.24) is 0 Å². The molecule has 2 N–H and O–H groups in total. The lowest BCUT2D eigenvalue weighted by molar-refractivity contribution is 0.0857. The Hall–Kier alpha value is -1.51. The number of phenols is 2. The molecule has 0 amide bonds. The van der Waals surface area contributed by atoms with E-state index in [0.29, 0.717) is 11.1 Å². The van der Waals surface area contributed by atoms with E-state index in [1.165, 1.54) is 6.07 Å². The van der Waals surface area contributed by atoms with Crippen LogP contribution in [0.15, 0.2) is 12.1 Å². The smallest absolute Gasteiger partial charge is 0.168 e. The van der Waals surface area contributed by atoms with Gasteiger partial charge in [0.05, 0.1) is 0 Å². The molecule has 0 heterocycles. The summed E-state index contributed by atoms with van der Waals surface area (Å²) in [5, 5.41) is 19.6. The lowest BCUT2D eigenvalue weighted by Crippen LogP contribution is -2.21. The van der Waals surface area contributed by atoms with Gasteiger partial charge in [-0.3, -0.25) is 4.79 Å². The number of aromatic hydroxyl groups is 2. The molecule has 0 unspecified atom stereocenters. The first-order valence-corrected chi connectivity index (χ1v) is 6.06. The second-order valence-corrected chi connectivity index (χ2v) is 6.72. The third-order valence-corrected chi connectivity index (χ3v) is 2.84. The summed E-state index contributed by atoms with van der Waals surface area (Å²) < 4.78 is 0. The molecule has 1 rings (SSSR count). The van der Waals surface area contributed by atoms with Crippen LogP contribution in [0.5, 0.6) is 11.5 Å². The van der Waals surface area contributed by atoms with Crippen LogP contribution in [0.25, 0.3) is 0 Å². The topological polar surface area (TPSA) is 57.5 Å². The molecule has 0 fully saturated rings. The van der Waals surface area contributed by atoms with Crippen molar-refractivity contribution in [3.63, 3.8) is 0 Å². The first-order chi connectivity index (χ1) is 7.94. The standard InChI is InChI=1S/C15H22O3/c1-14(2,3)10-7-9(8-11(16)12(10)17)13(18)15(4,5)6/h7-8,16-17H,1-6H3. The lowest BCUT2D eigenvalue weighted by Gasteiger charge is -2.23. The van der Waals surface area contributed by atoms with Crippen molar-refractivity contribution < 1.29 is 15.0 Å². The molecule has 0 saturated carbocycles. The Kier molecular flexibility index (Phi) is 3.48. The van der Waals surface area contributed by atoms with E-state index in [9.17, 15) is 15.0 Å². The fourth-order valence-electron chi connectivity index (χ4n) is 1.75. The second-order valence-electron chi connectivity index (χ2n) is 6.72. The van der Waals surface area contributed by atoms with Gasteiger partial charge in [-0.15, -0.1) is 0 Å². The summed E-state index contributed by atoms with van der Waals surface area (Å²) in [7, 11) is 0. The summed E-state index contributed by atoms with van der Waals surface area (Å²) in [6, 6.07) is 3.00. The lowest BCUT2D eigenvalue weighted by atomic mass is 9.81. The van der Waals surface area contributed by atoms with Gasteiger partial charge in [0.15, 0.2) is 17.3 Å². The highest BCUT2D eigenvalue weighted by atomic mass is 16.3. The van der Waals surface area contributed by atoms with Gasteiger partial charge < -0.3 is 10.2 Å². The van der Waals surface area contributed by atoms with Crippen LogP contribution in [0.2, 0.25) is 0 Å². The van der Waals surface area contributed by atoms with Gasteiger partial charge in [0.25, 0.3) is 0 Å². The Morgan fingerprint density at radius 1 is 1.00 bits per heavy atom. The van der Waals surface area contributed by atoms with Gasteiger partial charge in [0.1, 0.15) is 0 Å². The zero-order chi connectivity index (χ0) is 14.3. The van der Waals surface area contributed by atoms with Crippen molar-refractivity contribution in [2.24, 2.45) is 5.41 Å². The molecular formula is C15H22O3. The Labute approximate surface area is 108 Å². The molecule has 0 aromatic heterocycles. The number of Topliss-reactive ketones (excluding diaryl/α,β-unsaturated/α-hetero) is 1. The molecule has 1 aromatic carbocycles. The summed E-state index contributed by atoms with van der Waals surface area (Å²) in [4.78, 5) is 12.2. The highest BCUT2D eigenvalue weighted by Crippen LogP contribution is 2.39. The second kappa shape index (κ2) is 4.30. The maximum atomic E-state index is 12.2. The molecule has 0 bridgehead atoms. The molecule has 0 radical (unpaired) electrons. The summed E-state index contributed by atoms with van der Waals surface area (Å²) in [6.45, 7) is 11.3. The quantitative estimate of drug-likeness (QED) is 0.591. The van der Waals surface area contributed by atoms with Crippen molar-refractivity contribution >= 4 is 5.78 Å². The minimum Gasteiger partial charge on any atom is -0.504 e. The molecule has 18 heavy (non-hydrogen) atoms.